The van der Waals surface area contributed by atoms with Crippen LogP contribution in [0.15, 0.2) is 84.7 Å². The summed E-state index contributed by atoms with van der Waals surface area (Å²) in [6.45, 7) is 1.71. The molecule has 0 spiro atoms. The summed E-state index contributed by atoms with van der Waals surface area (Å²) in [5.74, 6) is -1.43. The Labute approximate surface area is 202 Å². The molecule has 2 heterocycles. The molecule has 6 heteroatoms. The van der Waals surface area contributed by atoms with Crippen molar-refractivity contribution in [3.63, 3.8) is 0 Å². The average Bonchev–Trinajstić information content (AvgIpc) is 3.08. The lowest BCUT2D eigenvalue weighted by atomic mass is 9.99. The fourth-order valence-corrected chi connectivity index (χ4v) is 4.46. The third-order valence-electron chi connectivity index (χ3n) is 6.06. The molecule has 0 unspecified atom stereocenters. The zero-order valence-corrected chi connectivity index (χ0v) is 19.0. The van der Waals surface area contributed by atoms with E-state index in [1.54, 1.807) is 17.0 Å². The predicted octanol–water partition coefficient (Wildman–Crippen LogP) is 5.63. The lowest BCUT2D eigenvalue weighted by Gasteiger charge is -2.20. The van der Waals surface area contributed by atoms with Crippen LogP contribution in [0.25, 0.3) is 34.2 Å². The minimum atomic E-state index is -0.971. The SMILES string of the molecule is Cc1ccc2c(/C=C(\C#N)C(=O)N3C=Cc4ccccc4-c4ccccc43)cn(CC(=O)O)c2c1. The van der Waals surface area contributed by atoms with Crippen LogP contribution in [0.4, 0.5) is 5.69 Å². The van der Waals surface area contributed by atoms with Crippen molar-refractivity contribution in [1.82, 2.24) is 4.57 Å². The third kappa shape index (κ3) is 4.00. The lowest BCUT2D eigenvalue weighted by Crippen LogP contribution is -2.26. The number of anilines is 1. The Balaban J connectivity index is 1.61. The Morgan fingerprint density at radius 2 is 1.77 bits per heavy atom. The van der Waals surface area contributed by atoms with E-state index in [9.17, 15) is 20.0 Å². The molecule has 1 aliphatic heterocycles. The van der Waals surface area contributed by atoms with Crippen molar-refractivity contribution >= 4 is 40.6 Å². The number of carboxylic acid groups (broad SMARTS) is 1. The van der Waals surface area contributed by atoms with Gasteiger partial charge in [-0.15, -0.1) is 0 Å². The molecule has 1 aliphatic rings. The van der Waals surface area contributed by atoms with E-state index in [1.165, 1.54) is 11.0 Å². The summed E-state index contributed by atoms with van der Waals surface area (Å²) in [5, 5.41) is 20.1. The molecular formula is C29H21N3O3. The van der Waals surface area contributed by atoms with Gasteiger partial charge in [0.1, 0.15) is 18.2 Å². The number of carbonyl (C=O) groups excluding carboxylic acids is 1. The van der Waals surface area contributed by atoms with Gasteiger partial charge in [0, 0.05) is 34.4 Å². The first kappa shape index (κ1) is 21.9. The Hall–Kier alpha value is -4.89. The molecule has 4 aromatic rings. The number of nitriles is 1. The fraction of sp³-hybridized carbons (Fsp3) is 0.0690. The van der Waals surface area contributed by atoms with E-state index in [0.717, 1.165) is 33.2 Å². The number of fused-ring (bicyclic) bond motifs is 4. The highest BCUT2D eigenvalue weighted by atomic mass is 16.4. The van der Waals surface area contributed by atoms with Gasteiger partial charge in [0.05, 0.1) is 5.69 Å². The smallest absolute Gasteiger partial charge is 0.323 e. The first-order chi connectivity index (χ1) is 17.0. The molecule has 3 aromatic carbocycles. The zero-order chi connectivity index (χ0) is 24.5. The van der Waals surface area contributed by atoms with Crippen LogP contribution >= 0.6 is 0 Å². The van der Waals surface area contributed by atoms with E-state index in [0.29, 0.717) is 11.3 Å². The predicted molar refractivity (Wildman–Crippen MR) is 136 cm³/mol. The summed E-state index contributed by atoms with van der Waals surface area (Å²) >= 11 is 0. The number of nitrogens with zero attached hydrogens (tertiary/aromatic N) is 3. The number of hydrogen-bond donors (Lipinski definition) is 1. The highest BCUT2D eigenvalue weighted by Crippen LogP contribution is 2.37. The third-order valence-corrected chi connectivity index (χ3v) is 6.06. The van der Waals surface area contributed by atoms with Gasteiger partial charge in [-0.05, 0) is 47.9 Å². The first-order valence-electron chi connectivity index (χ1n) is 11.1. The Morgan fingerprint density at radius 1 is 1.03 bits per heavy atom. The molecule has 1 aromatic heterocycles. The van der Waals surface area contributed by atoms with Crippen molar-refractivity contribution in [2.45, 2.75) is 13.5 Å². The van der Waals surface area contributed by atoms with Crippen molar-refractivity contribution in [3.8, 4) is 17.2 Å². The average molecular weight is 460 g/mol. The van der Waals surface area contributed by atoms with Gasteiger partial charge in [-0.25, -0.2) is 0 Å². The summed E-state index contributed by atoms with van der Waals surface area (Å²) < 4.78 is 1.62. The molecule has 0 saturated carbocycles. The second-order valence-electron chi connectivity index (χ2n) is 8.39. The summed E-state index contributed by atoms with van der Waals surface area (Å²) in [4.78, 5) is 26.5. The number of benzene rings is 3. The van der Waals surface area contributed by atoms with Crippen LogP contribution in [-0.2, 0) is 16.1 Å². The quantitative estimate of drug-likeness (QED) is 0.317. The number of aromatic nitrogens is 1. The summed E-state index contributed by atoms with van der Waals surface area (Å²) in [6, 6.07) is 23.2. The van der Waals surface area contributed by atoms with Crippen LogP contribution in [0.5, 0.6) is 0 Å². The van der Waals surface area contributed by atoms with Crippen LogP contribution in [0.2, 0.25) is 0 Å². The molecule has 6 nitrogen and oxygen atoms in total. The van der Waals surface area contributed by atoms with Gasteiger partial charge in [-0.3, -0.25) is 14.5 Å². The molecule has 0 fully saturated rings. The van der Waals surface area contributed by atoms with Crippen LogP contribution in [0, 0.1) is 18.3 Å². The number of amides is 1. The number of para-hydroxylation sites is 1. The number of rotatable bonds is 4. The molecular weight excluding hydrogens is 438 g/mol. The van der Waals surface area contributed by atoms with E-state index in [2.05, 4.69) is 6.07 Å². The maximum atomic E-state index is 13.7. The Bertz CT molecular complexity index is 1600. The largest absolute Gasteiger partial charge is 0.480 e. The molecule has 5 rings (SSSR count). The van der Waals surface area contributed by atoms with E-state index in [-0.39, 0.29) is 12.1 Å². The number of aryl methyl sites for hydroxylation is 1. The van der Waals surface area contributed by atoms with Crippen LogP contribution in [-0.4, -0.2) is 21.6 Å². The number of hydrogen-bond acceptors (Lipinski definition) is 3. The van der Waals surface area contributed by atoms with Crippen LogP contribution in [0.1, 0.15) is 16.7 Å². The highest BCUT2D eigenvalue weighted by Gasteiger charge is 2.24. The normalized spacial score (nSPS) is 12.6. The van der Waals surface area contributed by atoms with E-state index < -0.39 is 11.9 Å². The first-order valence-corrected chi connectivity index (χ1v) is 11.1. The molecule has 0 bridgehead atoms. The molecule has 1 amide bonds. The van der Waals surface area contributed by atoms with Gasteiger partial charge in [0.25, 0.3) is 5.91 Å². The van der Waals surface area contributed by atoms with Gasteiger partial charge < -0.3 is 9.67 Å². The standard InChI is InChI=1S/C29H21N3O3/c1-19-10-11-24-22(17-31(18-28(33)34)27(24)14-19)15-21(16-30)29(35)32-13-12-20-6-2-3-7-23(20)25-8-4-5-9-26(25)32/h2-15,17H,18H2,1H3,(H,33,34)/b21-15+. The Kier molecular flexibility index (Phi) is 5.52. The Morgan fingerprint density at radius 3 is 2.54 bits per heavy atom. The molecule has 170 valence electrons. The summed E-state index contributed by atoms with van der Waals surface area (Å²) in [6.07, 6.45) is 6.76. The van der Waals surface area contributed by atoms with Crippen LogP contribution in [0.3, 0.4) is 0 Å². The number of aliphatic carboxylic acids is 1. The van der Waals surface area contributed by atoms with Crippen molar-refractivity contribution in [3.05, 3.63) is 101 Å². The molecule has 0 radical (unpaired) electrons. The maximum Gasteiger partial charge on any atom is 0.323 e. The van der Waals surface area contributed by atoms with Crippen molar-refractivity contribution in [2.24, 2.45) is 0 Å². The molecule has 0 aliphatic carbocycles. The molecule has 0 atom stereocenters. The molecule has 1 N–H and O–H groups in total. The van der Waals surface area contributed by atoms with Crippen molar-refractivity contribution in [2.75, 3.05) is 4.90 Å². The van der Waals surface area contributed by atoms with Crippen LogP contribution < -0.4 is 4.90 Å². The van der Waals surface area contributed by atoms with E-state index in [1.807, 2.05) is 79.7 Å². The second kappa shape index (κ2) is 8.81. The summed E-state index contributed by atoms with van der Waals surface area (Å²) in [5.41, 5.74) is 5.84. The second-order valence-corrected chi connectivity index (χ2v) is 8.39. The topological polar surface area (TPSA) is 86.3 Å². The molecule has 0 saturated heterocycles. The van der Waals surface area contributed by atoms with Gasteiger partial charge in [0.15, 0.2) is 0 Å². The van der Waals surface area contributed by atoms with E-state index >= 15 is 0 Å². The van der Waals surface area contributed by atoms with Gasteiger partial charge in [0.2, 0.25) is 0 Å². The minimum absolute atomic E-state index is 0.0506. The van der Waals surface area contributed by atoms with Gasteiger partial charge in [-0.1, -0.05) is 54.6 Å². The van der Waals surface area contributed by atoms with Gasteiger partial charge >= 0.3 is 5.97 Å². The summed E-state index contributed by atoms with van der Waals surface area (Å²) in [7, 11) is 0. The van der Waals surface area contributed by atoms with Crippen molar-refractivity contribution < 1.29 is 14.7 Å². The number of carboxylic acids is 1. The zero-order valence-electron chi connectivity index (χ0n) is 19.0. The lowest BCUT2D eigenvalue weighted by molar-refractivity contribution is -0.137. The number of carbonyl (C=O) groups is 2. The van der Waals surface area contributed by atoms with Crippen molar-refractivity contribution in [1.29, 1.82) is 5.26 Å². The van der Waals surface area contributed by atoms with Gasteiger partial charge in [-0.2, -0.15) is 5.26 Å². The highest BCUT2D eigenvalue weighted by molar-refractivity contribution is 6.15. The fourth-order valence-electron chi connectivity index (χ4n) is 4.46. The maximum absolute atomic E-state index is 13.7. The van der Waals surface area contributed by atoms with E-state index in [4.69, 9.17) is 0 Å². The minimum Gasteiger partial charge on any atom is -0.480 e. The molecule has 35 heavy (non-hydrogen) atoms. The monoisotopic (exact) mass is 459 g/mol.